The molecule has 4 heteroatoms. The van der Waals surface area contributed by atoms with Crippen molar-refractivity contribution >= 4 is 17.5 Å². The number of likely N-dealkylation sites (tertiary alicyclic amines) is 1. The Morgan fingerprint density at radius 3 is 2.63 bits per heavy atom. The van der Waals surface area contributed by atoms with Gasteiger partial charge in [0.25, 0.3) is 5.91 Å². The molecule has 0 aromatic heterocycles. The van der Waals surface area contributed by atoms with E-state index in [4.69, 9.17) is 11.6 Å². The van der Waals surface area contributed by atoms with Crippen LogP contribution in [0, 0.1) is 0 Å². The number of hydrogen-bond acceptors (Lipinski definition) is 2. The predicted molar refractivity (Wildman–Crippen MR) is 78.6 cm³/mol. The van der Waals surface area contributed by atoms with Crippen molar-refractivity contribution in [1.82, 2.24) is 9.80 Å². The molecule has 0 N–H and O–H groups in total. The van der Waals surface area contributed by atoms with Crippen molar-refractivity contribution in [1.29, 1.82) is 0 Å². The maximum atomic E-state index is 12.4. The number of alkyl halides is 1. The fourth-order valence-corrected chi connectivity index (χ4v) is 2.72. The molecule has 0 radical (unpaired) electrons. The quantitative estimate of drug-likeness (QED) is 0.795. The van der Waals surface area contributed by atoms with Crippen LogP contribution in [0.3, 0.4) is 0 Å². The van der Waals surface area contributed by atoms with Crippen LogP contribution in [0.4, 0.5) is 0 Å². The summed E-state index contributed by atoms with van der Waals surface area (Å²) in [6.07, 6.45) is 2.10. The van der Waals surface area contributed by atoms with Gasteiger partial charge in [-0.3, -0.25) is 4.79 Å². The van der Waals surface area contributed by atoms with Crippen LogP contribution in [-0.4, -0.2) is 48.9 Å². The molecule has 0 spiro atoms. The first-order valence-electron chi connectivity index (χ1n) is 6.72. The molecular weight excluding hydrogens is 260 g/mol. The number of halogens is 1. The summed E-state index contributed by atoms with van der Waals surface area (Å²) in [4.78, 5) is 16.6. The number of carbonyl (C=O) groups excluding carboxylic acids is 1. The second-order valence-corrected chi connectivity index (χ2v) is 5.59. The van der Waals surface area contributed by atoms with Crippen LogP contribution in [0.2, 0.25) is 0 Å². The molecule has 1 saturated heterocycles. The molecule has 19 heavy (non-hydrogen) atoms. The summed E-state index contributed by atoms with van der Waals surface area (Å²) in [6, 6.07) is 8.21. The minimum absolute atomic E-state index is 0.129. The molecule has 1 heterocycles. The SMILES string of the molecule is CN(C)C1CCN(C(=O)c2cccc(CCl)c2)CC1. The first kappa shape index (κ1) is 14.4. The maximum absolute atomic E-state index is 12.4. The van der Waals surface area contributed by atoms with Gasteiger partial charge in [-0.25, -0.2) is 0 Å². The molecule has 2 rings (SSSR count). The standard InChI is InChI=1S/C15H21ClN2O/c1-17(2)14-6-8-18(9-7-14)15(19)13-5-3-4-12(10-13)11-16/h3-5,10,14H,6-9,11H2,1-2H3. The highest BCUT2D eigenvalue weighted by Gasteiger charge is 2.24. The summed E-state index contributed by atoms with van der Waals surface area (Å²) in [7, 11) is 4.21. The van der Waals surface area contributed by atoms with E-state index in [1.54, 1.807) is 0 Å². The number of nitrogens with zero attached hydrogens (tertiary/aromatic N) is 2. The molecule has 1 fully saturated rings. The number of benzene rings is 1. The number of carbonyl (C=O) groups is 1. The van der Waals surface area contributed by atoms with Crippen molar-refractivity contribution < 1.29 is 4.79 Å². The van der Waals surface area contributed by atoms with Crippen molar-refractivity contribution in [3.8, 4) is 0 Å². The highest BCUT2D eigenvalue weighted by atomic mass is 35.5. The van der Waals surface area contributed by atoms with E-state index in [0.29, 0.717) is 11.9 Å². The largest absolute Gasteiger partial charge is 0.339 e. The van der Waals surface area contributed by atoms with Gasteiger partial charge in [-0.1, -0.05) is 12.1 Å². The molecular formula is C15H21ClN2O. The van der Waals surface area contributed by atoms with Crippen molar-refractivity contribution in [2.24, 2.45) is 0 Å². The molecule has 1 aliphatic rings. The maximum Gasteiger partial charge on any atom is 0.253 e. The fraction of sp³-hybridized carbons (Fsp3) is 0.533. The number of piperidine rings is 1. The van der Waals surface area contributed by atoms with Gasteiger partial charge >= 0.3 is 0 Å². The monoisotopic (exact) mass is 280 g/mol. The molecule has 0 bridgehead atoms. The van der Waals surface area contributed by atoms with E-state index >= 15 is 0 Å². The minimum atomic E-state index is 0.129. The first-order valence-corrected chi connectivity index (χ1v) is 7.26. The topological polar surface area (TPSA) is 23.6 Å². The summed E-state index contributed by atoms with van der Waals surface area (Å²) < 4.78 is 0. The minimum Gasteiger partial charge on any atom is -0.339 e. The highest BCUT2D eigenvalue weighted by Crippen LogP contribution is 2.17. The molecule has 0 saturated carbocycles. The normalized spacial score (nSPS) is 16.9. The van der Waals surface area contributed by atoms with E-state index in [1.807, 2.05) is 29.2 Å². The van der Waals surface area contributed by atoms with E-state index in [1.165, 1.54) is 0 Å². The van der Waals surface area contributed by atoms with Crippen LogP contribution in [0.1, 0.15) is 28.8 Å². The Morgan fingerprint density at radius 1 is 1.37 bits per heavy atom. The van der Waals surface area contributed by atoms with E-state index in [0.717, 1.165) is 37.1 Å². The molecule has 1 aromatic carbocycles. The Kier molecular flexibility index (Phi) is 4.83. The van der Waals surface area contributed by atoms with Crippen molar-refractivity contribution in [2.75, 3.05) is 27.2 Å². The predicted octanol–water partition coefficient (Wildman–Crippen LogP) is 2.59. The second kappa shape index (κ2) is 6.40. The lowest BCUT2D eigenvalue weighted by Crippen LogP contribution is -2.44. The van der Waals surface area contributed by atoms with Gasteiger partial charge in [0, 0.05) is 30.6 Å². The zero-order valence-corrected chi connectivity index (χ0v) is 12.4. The lowest BCUT2D eigenvalue weighted by atomic mass is 10.0. The van der Waals surface area contributed by atoms with Gasteiger partial charge in [-0.15, -0.1) is 11.6 Å². The van der Waals surface area contributed by atoms with Gasteiger partial charge < -0.3 is 9.80 Å². The van der Waals surface area contributed by atoms with Crippen LogP contribution < -0.4 is 0 Å². The molecule has 3 nitrogen and oxygen atoms in total. The van der Waals surface area contributed by atoms with Crippen LogP contribution in [0.15, 0.2) is 24.3 Å². The summed E-state index contributed by atoms with van der Waals surface area (Å²) in [6.45, 7) is 1.68. The summed E-state index contributed by atoms with van der Waals surface area (Å²) >= 11 is 5.81. The zero-order chi connectivity index (χ0) is 13.8. The lowest BCUT2D eigenvalue weighted by molar-refractivity contribution is 0.0663. The van der Waals surface area contributed by atoms with E-state index < -0.39 is 0 Å². The van der Waals surface area contributed by atoms with Crippen LogP contribution >= 0.6 is 11.6 Å². The van der Waals surface area contributed by atoms with Crippen LogP contribution in [0.5, 0.6) is 0 Å². The second-order valence-electron chi connectivity index (χ2n) is 5.32. The van der Waals surface area contributed by atoms with Crippen molar-refractivity contribution in [2.45, 2.75) is 24.8 Å². The Hall–Kier alpha value is -1.06. The third kappa shape index (κ3) is 3.48. The van der Waals surface area contributed by atoms with Gasteiger partial charge in [0.2, 0.25) is 0 Å². The smallest absolute Gasteiger partial charge is 0.253 e. The Morgan fingerprint density at radius 2 is 2.05 bits per heavy atom. The number of rotatable bonds is 3. The van der Waals surface area contributed by atoms with E-state index in [9.17, 15) is 4.79 Å². The van der Waals surface area contributed by atoms with Crippen molar-refractivity contribution in [3.05, 3.63) is 35.4 Å². The Labute approximate surface area is 120 Å². The molecule has 1 amide bonds. The van der Waals surface area contributed by atoms with Crippen LogP contribution in [0.25, 0.3) is 0 Å². The number of hydrogen-bond donors (Lipinski definition) is 0. The van der Waals surface area contributed by atoms with Gasteiger partial charge in [0.15, 0.2) is 0 Å². The number of amides is 1. The van der Waals surface area contributed by atoms with E-state index in [-0.39, 0.29) is 5.91 Å². The summed E-state index contributed by atoms with van der Waals surface area (Å²) in [5.41, 5.74) is 1.75. The van der Waals surface area contributed by atoms with Gasteiger partial charge in [-0.2, -0.15) is 0 Å². The molecule has 0 aliphatic carbocycles. The third-order valence-corrected chi connectivity index (χ3v) is 4.12. The molecule has 1 aromatic rings. The van der Waals surface area contributed by atoms with Crippen LogP contribution in [-0.2, 0) is 5.88 Å². The van der Waals surface area contributed by atoms with Gasteiger partial charge in [0.1, 0.15) is 0 Å². The zero-order valence-electron chi connectivity index (χ0n) is 11.6. The van der Waals surface area contributed by atoms with Gasteiger partial charge in [0.05, 0.1) is 0 Å². The fourth-order valence-electron chi connectivity index (χ4n) is 2.56. The molecule has 1 aliphatic heterocycles. The average Bonchev–Trinajstić information content (AvgIpc) is 2.46. The van der Waals surface area contributed by atoms with Gasteiger partial charge in [-0.05, 0) is 44.6 Å². The average molecular weight is 281 g/mol. The first-order chi connectivity index (χ1) is 9.11. The lowest BCUT2D eigenvalue weighted by Gasteiger charge is -2.35. The third-order valence-electron chi connectivity index (χ3n) is 3.81. The highest BCUT2D eigenvalue weighted by molar-refractivity contribution is 6.17. The van der Waals surface area contributed by atoms with E-state index in [2.05, 4.69) is 19.0 Å². The molecule has 0 atom stereocenters. The Bertz CT molecular complexity index is 440. The molecule has 0 unspecified atom stereocenters. The summed E-state index contributed by atoms with van der Waals surface area (Å²) in [5, 5.41) is 0. The van der Waals surface area contributed by atoms with Crippen molar-refractivity contribution in [3.63, 3.8) is 0 Å². The molecule has 104 valence electrons. The Balaban J connectivity index is 2.01. The summed E-state index contributed by atoms with van der Waals surface area (Å²) in [5.74, 6) is 0.577.